The number of benzene rings is 3. The highest BCUT2D eigenvalue weighted by Gasteiger charge is 2.16. The molecule has 3 aromatic carbocycles. The summed E-state index contributed by atoms with van der Waals surface area (Å²) in [5, 5.41) is 11.7. The third-order valence-electron chi connectivity index (χ3n) is 4.72. The zero-order valence-electron chi connectivity index (χ0n) is 16.6. The molecule has 0 atom stereocenters. The van der Waals surface area contributed by atoms with Crippen LogP contribution in [0.5, 0.6) is 5.75 Å². The Morgan fingerprint density at radius 1 is 1.07 bits per heavy atom. The number of aliphatic hydroxyl groups excluding tert-OH is 1. The number of fused-ring (bicyclic) bond motifs is 1. The van der Waals surface area contributed by atoms with Crippen LogP contribution in [-0.2, 0) is 0 Å². The quantitative estimate of drug-likeness (QED) is 0.494. The molecule has 0 aliphatic heterocycles. The normalized spacial score (nSPS) is 11.8. The molecule has 0 bridgehead atoms. The minimum atomic E-state index is -0.0642. The average Bonchev–Trinajstić information content (AvgIpc) is 2.71. The van der Waals surface area contributed by atoms with Crippen molar-refractivity contribution in [2.24, 2.45) is 4.99 Å². The zero-order valence-corrected chi connectivity index (χ0v) is 17.4. The van der Waals surface area contributed by atoms with Gasteiger partial charge in [0, 0.05) is 23.2 Å². The van der Waals surface area contributed by atoms with Gasteiger partial charge >= 0.3 is 0 Å². The molecule has 0 unspecified atom stereocenters. The Morgan fingerprint density at radius 2 is 1.79 bits per heavy atom. The van der Waals surface area contributed by atoms with Gasteiger partial charge < -0.3 is 9.84 Å². The average molecular weight is 396 g/mol. The molecule has 28 heavy (non-hydrogen) atoms. The van der Waals surface area contributed by atoms with Crippen LogP contribution in [0.3, 0.4) is 0 Å². The largest absolute Gasteiger partial charge is 0.489 e. The van der Waals surface area contributed by atoms with Crippen LogP contribution >= 0.6 is 11.6 Å². The molecule has 0 amide bonds. The molecule has 0 aliphatic carbocycles. The lowest BCUT2D eigenvalue weighted by molar-refractivity contribution is 0.201. The molecule has 0 fully saturated rings. The second-order valence-corrected chi connectivity index (χ2v) is 7.29. The molecule has 0 spiro atoms. The summed E-state index contributed by atoms with van der Waals surface area (Å²) in [5.41, 5.74) is 5.31. The second-order valence-electron chi connectivity index (χ2n) is 6.91. The molecule has 0 radical (unpaired) electrons. The SMILES string of the molecule is CCCN=C(C)c1cc2cc(-c3ccc(C)cc3)ccc2c(Cl)c1OCCO. The van der Waals surface area contributed by atoms with Gasteiger partial charge in [-0.15, -0.1) is 0 Å². The first-order chi connectivity index (χ1) is 13.5. The van der Waals surface area contributed by atoms with Gasteiger partial charge in [0.05, 0.1) is 11.6 Å². The fraction of sp³-hybridized carbons (Fsp3) is 0.292. The fourth-order valence-corrected chi connectivity index (χ4v) is 3.52. The van der Waals surface area contributed by atoms with E-state index in [0.29, 0.717) is 10.8 Å². The number of aliphatic hydroxyl groups is 1. The first-order valence-corrected chi connectivity index (χ1v) is 10.0. The first kappa shape index (κ1) is 20.4. The van der Waals surface area contributed by atoms with Crippen molar-refractivity contribution in [1.29, 1.82) is 0 Å². The molecule has 0 aliphatic rings. The van der Waals surface area contributed by atoms with E-state index in [-0.39, 0.29) is 13.2 Å². The molecular formula is C24H26ClNO2. The number of rotatable bonds is 7. The van der Waals surface area contributed by atoms with Crippen molar-refractivity contribution >= 4 is 28.1 Å². The topological polar surface area (TPSA) is 41.8 Å². The number of halogens is 1. The summed E-state index contributed by atoms with van der Waals surface area (Å²) in [4.78, 5) is 4.64. The fourth-order valence-electron chi connectivity index (χ4n) is 3.19. The lowest BCUT2D eigenvalue weighted by Crippen LogP contribution is -2.07. The number of hydrogen-bond donors (Lipinski definition) is 1. The van der Waals surface area contributed by atoms with Crippen LogP contribution in [0.4, 0.5) is 0 Å². The van der Waals surface area contributed by atoms with Crippen LogP contribution < -0.4 is 4.74 Å². The third kappa shape index (κ3) is 4.37. The third-order valence-corrected chi connectivity index (χ3v) is 5.09. The molecule has 1 N–H and O–H groups in total. The molecule has 0 saturated heterocycles. The Labute approximate surface area is 171 Å². The maximum atomic E-state index is 9.19. The van der Waals surface area contributed by atoms with Crippen molar-refractivity contribution in [1.82, 2.24) is 0 Å². The van der Waals surface area contributed by atoms with Crippen molar-refractivity contribution in [3.63, 3.8) is 0 Å². The van der Waals surface area contributed by atoms with Crippen LogP contribution in [0.1, 0.15) is 31.4 Å². The Balaban J connectivity index is 2.16. The Kier molecular flexibility index (Phi) is 6.71. The molecule has 3 nitrogen and oxygen atoms in total. The molecule has 0 aromatic heterocycles. The van der Waals surface area contributed by atoms with Gasteiger partial charge in [-0.25, -0.2) is 0 Å². The number of aryl methyl sites for hydroxylation is 1. The summed E-state index contributed by atoms with van der Waals surface area (Å²) >= 11 is 6.72. The van der Waals surface area contributed by atoms with Gasteiger partial charge in [0.2, 0.25) is 0 Å². The monoisotopic (exact) mass is 395 g/mol. The summed E-state index contributed by atoms with van der Waals surface area (Å²) in [5.74, 6) is 0.587. The lowest BCUT2D eigenvalue weighted by atomic mass is 9.97. The van der Waals surface area contributed by atoms with Gasteiger partial charge in [0.15, 0.2) is 0 Å². The number of ether oxygens (including phenoxy) is 1. The van der Waals surface area contributed by atoms with Crippen LogP contribution in [0.15, 0.2) is 53.5 Å². The van der Waals surface area contributed by atoms with Crippen molar-refractivity contribution in [2.45, 2.75) is 27.2 Å². The summed E-state index contributed by atoms with van der Waals surface area (Å²) in [6, 6.07) is 16.8. The Bertz CT molecular complexity index is 994. The summed E-state index contributed by atoms with van der Waals surface area (Å²) < 4.78 is 5.79. The van der Waals surface area contributed by atoms with E-state index < -0.39 is 0 Å². The van der Waals surface area contributed by atoms with Crippen molar-refractivity contribution in [3.05, 3.63) is 64.7 Å². The number of hydrogen-bond acceptors (Lipinski definition) is 3. The van der Waals surface area contributed by atoms with Crippen LogP contribution in [0.25, 0.3) is 21.9 Å². The van der Waals surface area contributed by atoms with Crippen molar-refractivity contribution < 1.29 is 9.84 Å². The van der Waals surface area contributed by atoms with Crippen LogP contribution in [0.2, 0.25) is 5.02 Å². The highest BCUT2D eigenvalue weighted by Crippen LogP contribution is 2.38. The number of aliphatic imine (C=N–C) groups is 1. The predicted molar refractivity (Wildman–Crippen MR) is 119 cm³/mol. The molecule has 3 rings (SSSR count). The Hall–Kier alpha value is -2.36. The molecule has 0 heterocycles. The molecule has 146 valence electrons. The van der Waals surface area contributed by atoms with Crippen molar-refractivity contribution in [2.75, 3.05) is 19.8 Å². The van der Waals surface area contributed by atoms with Gasteiger partial charge in [0.25, 0.3) is 0 Å². The van der Waals surface area contributed by atoms with E-state index in [4.69, 9.17) is 16.3 Å². The lowest BCUT2D eigenvalue weighted by Gasteiger charge is -2.16. The summed E-state index contributed by atoms with van der Waals surface area (Å²) in [6.45, 7) is 7.04. The molecular weight excluding hydrogens is 370 g/mol. The van der Waals surface area contributed by atoms with E-state index in [0.717, 1.165) is 40.6 Å². The van der Waals surface area contributed by atoms with E-state index in [1.54, 1.807) is 0 Å². The standard InChI is InChI=1S/C24H26ClNO2/c1-4-11-26-17(3)22-15-20-14-19(18-7-5-16(2)6-8-18)9-10-21(20)23(25)24(22)28-13-12-27/h5-10,14-15,27H,4,11-13H2,1-3H3. The maximum absolute atomic E-state index is 9.19. The maximum Gasteiger partial charge on any atom is 0.147 e. The highest BCUT2D eigenvalue weighted by atomic mass is 35.5. The van der Waals surface area contributed by atoms with Gasteiger partial charge in [-0.1, -0.05) is 60.5 Å². The minimum Gasteiger partial charge on any atom is -0.489 e. The predicted octanol–water partition coefficient (Wildman–Crippen LogP) is 6.06. The number of nitrogens with zero attached hydrogens (tertiary/aromatic N) is 1. The zero-order chi connectivity index (χ0) is 20.1. The van der Waals surface area contributed by atoms with Gasteiger partial charge in [-0.3, -0.25) is 4.99 Å². The van der Waals surface area contributed by atoms with E-state index in [9.17, 15) is 5.11 Å². The van der Waals surface area contributed by atoms with E-state index in [1.165, 1.54) is 11.1 Å². The van der Waals surface area contributed by atoms with Gasteiger partial charge in [0.1, 0.15) is 12.4 Å². The second kappa shape index (κ2) is 9.22. The Morgan fingerprint density at radius 3 is 2.46 bits per heavy atom. The van der Waals surface area contributed by atoms with Crippen LogP contribution in [0, 0.1) is 6.92 Å². The summed E-state index contributed by atoms with van der Waals surface area (Å²) in [6.07, 6.45) is 0.975. The molecule has 0 saturated carbocycles. The summed E-state index contributed by atoms with van der Waals surface area (Å²) in [7, 11) is 0. The van der Waals surface area contributed by atoms with Gasteiger partial charge in [-0.2, -0.15) is 0 Å². The smallest absolute Gasteiger partial charge is 0.147 e. The highest BCUT2D eigenvalue weighted by molar-refractivity contribution is 6.38. The molecule has 4 heteroatoms. The van der Waals surface area contributed by atoms with Gasteiger partial charge in [-0.05, 0) is 48.9 Å². The van der Waals surface area contributed by atoms with Crippen LogP contribution in [-0.4, -0.2) is 30.6 Å². The first-order valence-electron chi connectivity index (χ1n) is 9.63. The minimum absolute atomic E-state index is 0.0642. The van der Waals surface area contributed by atoms with E-state index >= 15 is 0 Å². The molecule has 3 aromatic rings. The van der Waals surface area contributed by atoms with Crippen molar-refractivity contribution in [3.8, 4) is 16.9 Å². The van der Waals surface area contributed by atoms with E-state index in [2.05, 4.69) is 61.3 Å². The van der Waals surface area contributed by atoms with E-state index in [1.807, 2.05) is 13.0 Å².